The molecular formula is C18H11N3O6. The molecule has 0 fully saturated rings. The highest BCUT2D eigenvalue weighted by atomic mass is 16.6. The summed E-state index contributed by atoms with van der Waals surface area (Å²) >= 11 is 0. The van der Waals surface area contributed by atoms with Crippen molar-refractivity contribution in [3.05, 3.63) is 97.1 Å². The minimum absolute atomic E-state index is 0.0590. The van der Waals surface area contributed by atoms with Crippen LogP contribution in [0.15, 0.2) is 66.7 Å². The molecule has 0 aliphatic heterocycles. The molecule has 0 aliphatic rings. The summed E-state index contributed by atoms with van der Waals surface area (Å²) in [6.45, 7) is 0. The standard InChI is InChI=1S/C18H11N3O6/c22-19(23)15-6-1-12(2-7-15)14-5-10-18(21(26)27)17(11-14)13-3-8-16(9-4-13)20(24)25/h1-11H. The van der Waals surface area contributed by atoms with E-state index in [2.05, 4.69) is 0 Å². The van der Waals surface area contributed by atoms with E-state index in [-0.39, 0.29) is 17.1 Å². The van der Waals surface area contributed by atoms with Gasteiger partial charge in [-0.25, -0.2) is 0 Å². The van der Waals surface area contributed by atoms with Crippen molar-refractivity contribution in [2.24, 2.45) is 0 Å². The molecule has 0 bridgehead atoms. The second kappa shape index (κ2) is 7.00. The van der Waals surface area contributed by atoms with Gasteiger partial charge in [0.2, 0.25) is 0 Å². The van der Waals surface area contributed by atoms with Gasteiger partial charge in [0.05, 0.1) is 20.3 Å². The minimum atomic E-state index is -0.550. The first-order valence-corrected chi connectivity index (χ1v) is 7.65. The van der Waals surface area contributed by atoms with Crippen LogP contribution in [0.25, 0.3) is 22.3 Å². The Labute approximate surface area is 152 Å². The molecule has 27 heavy (non-hydrogen) atoms. The van der Waals surface area contributed by atoms with Gasteiger partial charge in [-0.15, -0.1) is 0 Å². The summed E-state index contributed by atoms with van der Waals surface area (Å²) in [5.74, 6) is 0. The smallest absolute Gasteiger partial charge is 0.258 e. The molecule has 0 amide bonds. The Balaban J connectivity index is 2.08. The first-order valence-electron chi connectivity index (χ1n) is 7.65. The highest BCUT2D eigenvalue weighted by molar-refractivity contribution is 5.80. The van der Waals surface area contributed by atoms with Crippen LogP contribution in [0, 0.1) is 30.3 Å². The number of hydrogen-bond donors (Lipinski definition) is 0. The van der Waals surface area contributed by atoms with Crippen molar-refractivity contribution >= 4 is 17.1 Å². The van der Waals surface area contributed by atoms with Gasteiger partial charge < -0.3 is 0 Å². The topological polar surface area (TPSA) is 129 Å². The molecule has 0 atom stereocenters. The Morgan fingerprint density at radius 1 is 0.519 bits per heavy atom. The zero-order chi connectivity index (χ0) is 19.6. The zero-order valence-corrected chi connectivity index (χ0v) is 13.6. The van der Waals surface area contributed by atoms with Crippen LogP contribution in [-0.2, 0) is 0 Å². The number of nitrogens with zero attached hydrogens (tertiary/aromatic N) is 3. The van der Waals surface area contributed by atoms with Crippen LogP contribution < -0.4 is 0 Å². The van der Waals surface area contributed by atoms with Gasteiger partial charge >= 0.3 is 0 Å². The molecule has 0 aliphatic carbocycles. The Bertz CT molecular complexity index is 1050. The van der Waals surface area contributed by atoms with Crippen molar-refractivity contribution in [3.8, 4) is 22.3 Å². The normalized spacial score (nSPS) is 10.4. The lowest BCUT2D eigenvalue weighted by atomic mass is 9.97. The van der Waals surface area contributed by atoms with Gasteiger partial charge in [0, 0.05) is 30.3 Å². The summed E-state index contributed by atoms with van der Waals surface area (Å²) < 4.78 is 0. The Morgan fingerprint density at radius 2 is 0.963 bits per heavy atom. The lowest BCUT2D eigenvalue weighted by molar-refractivity contribution is -0.385. The summed E-state index contributed by atoms with van der Waals surface area (Å²) in [5, 5.41) is 32.9. The average Bonchev–Trinajstić information content (AvgIpc) is 2.67. The van der Waals surface area contributed by atoms with E-state index in [1.807, 2.05) is 0 Å². The van der Waals surface area contributed by atoms with Crippen LogP contribution in [0.4, 0.5) is 17.1 Å². The molecule has 134 valence electrons. The molecule has 0 spiro atoms. The molecule has 0 N–H and O–H groups in total. The highest BCUT2D eigenvalue weighted by Crippen LogP contribution is 2.35. The van der Waals surface area contributed by atoms with Crippen LogP contribution in [0.1, 0.15) is 0 Å². The van der Waals surface area contributed by atoms with Gasteiger partial charge in [0.25, 0.3) is 17.1 Å². The van der Waals surface area contributed by atoms with Crippen LogP contribution >= 0.6 is 0 Å². The van der Waals surface area contributed by atoms with Gasteiger partial charge in [-0.2, -0.15) is 0 Å². The van der Waals surface area contributed by atoms with E-state index in [0.717, 1.165) is 0 Å². The Hall–Kier alpha value is -4.14. The van der Waals surface area contributed by atoms with E-state index in [1.165, 1.54) is 42.5 Å². The molecule has 3 aromatic rings. The molecule has 9 heteroatoms. The van der Waals surface area contributed by atoms with Crippen molar-refractivity contribution in [3.63, 3.8) is 0 Å². The molecule has 9 nitrogen and oxygen atoms in total. The lowest BCUT2D eigenvalue weighted by Crippen LogP contribution is -1.94. The van der Waals surface area contributed by atoms with Gasteiger partial charge in [-0.1, -0.05) is 0 Å². The summed E-state index contributed by atoms with van der Waals surface area (Å²) in [4.78, 5) is 31.3. The Kier molecular flexibility index (Phi) is 4.58. The van der Waals surface area contributed by atoms with Gasteiger partial charge in [0.1, 0.15) is 0 Å². The van der Waals surface area contributed by atoms with Crippen LogP contribution in [-0.4, -0.2) is 14.8 Å². The fourth-order valence-electron chi connectivity index (χ4n) is 2.64. The van der Waals surface area contributed by atoms with Crippen LogP contribution in [0.2, 0.25) is 0 Å². The van der Waals surface area contributed by atoms with Crippen LogP contribution in [0.3, 0.4) is 0 Å². The van der Waals surface area contributed by atoms with Gasteiger partial charge in [-0.05, 0) is 53.1 Å². The van der Waals surface area contributed by atoms with Crippen LogP contribution in [0.5, 0.6) is 0 Å². The largest absolute Gasteiger partial charge is 0.277 e. The fourth-order valence-corrected chi connectivity index (χ4v) is 2.64. The summed E-state index contributed by atoms with van der Waals surface area (Å²) in [6.07, 6.45) is 0. The number of hydrogen-bond acceptors (Lipinski definition) is 6. The van der Waals surface area contributed by atoms with E-state index < -0.39 is 14.8 Å². The van der Waals surface area contributed by atoms with Crippen molar-refractivity contribution in [1.82, 2.24) is 0 Å². The van der Waals surface area contributed by atoms with Gasteiger partial charge in [-0.3, -0.25) is 30.3 Å². The average molecular weight is 365 g/mol. The molecule has 0 saturated carbocycles. The fraction of sp³-hybridized carbons (Fsp3) is 0. The molecule has 0 unspecified atom stereocenters. The lowest BCUT2D eigenvalue weighted by Gasteiger charge is -2.07. The molecule has 0 aromatic heterocycles. The number of nitro groups is 3. The van der Waals surface area contributed by atoms with Crippen molar-refractivity contribution in [1.29, 1.82) is 0 Å². The third-order valence-corrected chi connectivity index (χ3v) is 3.99. The van der Waals surface area contributed by atoms with Crippen molar-refractivity contribution in [2.75, 3.05) is 0 Å². The number of rotatable bonds is 5. The summed E-state index contributed by atoms with van der Waals surface area (Å²) in [5.41, 5.74) is 1.71. The zero-order valence-electron chi connectivity index (χ0n) is 13.6. The number of benzene rings is 3. The molecule has 0 heterocycles. The third-order valence-electron chi connectivity index (χ3n) is 3.99. The molecule has 3 rings (SSSR count). The maximum absolute atomic E-state index is 11.4. The molecular weight excluding hydrogens is 354 g/mol. The highest BCUT2D eigenvalue weighted by Gasteiger charge is 2.18. The first-order chi connectivity index (χ1) is 12.9. The third kappa shape index (κ3) is 3.61. The summed E-state index contributed by atoms with van der Waals surface area (Å²) in [7, 11) is 0. The molecule has 0 radical (unpaired) electrons. The first kappa shape index (κ1) is 17.7. The van der Waals surface area contributed by atoms with Crippen molar-refractivity contribution in [2.45, 2.75) is 0 Å². The quantitative estimate of drug-likeness (QED) is 0.474. The maximum Gasteiger partial charge on any atom is 0.277 e. The van der Waals surface area contributed by atoms with E-state index in [4.69, 9.17) is 0 Å². The van der Waals surface area contributed by atoms with Gasteiger partial charge in [0.15, 0.2) is 0 Å². The van der Waals surface area contributed by atoms with E-state index in [0.29, 0.717) is 22.3 Å². The van der Waals surface area contributed by atoms with E-state index in [1.54, 1.807) is 24.3 Å². The summed E-state index contributed by atoms with van der Waals surface area (Å²) in [6, 6.07) is 15.7. The maximum atomic E-state index is 11.4. The molecule has 0 saturated heterocycles. The van der Waals surface area contributed by atoms with E-state index >= 15 is 0 Å². The number of non-ortho nitro benzene ring substituents is 2. The van der Waals surface area contributed by atoms with E-state index in [9.17, 15) is 30.3 Å². The second-order valence-electron chi connectivity index (χ2n) is 5.60. The SMILES string of the molecule is O=[N+]([O-])c1ccc(-c2ccc([N+](=O)[O-])c(-c3ccc([N+](=O)[O-])cc3)c2)cc1. The second-order valence-corrected chi connectivity index (χ2v) is 5.60. The predicted molar refractivity (Wildman–Crippen MR) is 97.3 cm³/mol. The van der Waals surface area contributed by atoms with Crippen molar-refractivity contribution < 1.29 is 14.8 Å². The monoisotopic (exact) mass is 365 g/mol. The minimum Gasteiger partial charge on any atom is -0.258 e. The Morgan fingerprint density at radius 3 is 1.41 bits per heavy atom. The molecule has 3 aromatic carbocycles. The predicted octanol–water partition coefficient (Wildman–Crippen LogP) is 4.75. The number of nitro benzene ring substituents is 3.